The summed E-state index contributed by atoms with van der Waals surface area (Å²) in [6.07, 6.45) is -0.502. The van der Waals surface area contributed by atoms with Gasteiger partial charge in [-0.3, -0.25) is 9.21 Å². The van der Waals surface area contributed by atoms with Crippen LogP contribution in [0.25, 0.3) is 21.6 Å². The van der Waals surface area contributed by atoms with Crippen LogP contribution in [-0.4, -0.2) is 59.2 Å². The van der Waals surface area contributed by atoms with Gasteiger partial charge in [-0.15, -0.1) is 22.7 Å². The number of H-pyrrole nitrogens is 1. The molecule has 42 heavy (non-hydrogen) atoms. The lowest BCUT2D eigenvalue weighted by Gasteiger charge is -2.28. The van der Waals surface area contributed by atoms with Gasteiger partial charge in [0.05, 0.1) is 16.9 Å². The third-order valence-electron chi connectivity index (χ3n) is 6.40. The van der Waals surface area contributed by atoms with Gasteiger partial charge in [-0.25, -0.2) is 18.2 Å². The van der Waals surface area contributed by atoms with Crippen LogP contribution in [0, 0.1) is 5.92 Å². The molecular weight excluding hydrogens is 610 g/mol. The van der Waals surface area contributed by atoms with Crippen LogP contribution in [0.15, 0.2) is 52.2 Å². The number of aromatic nitrogens is 2. The first-order valence-electron chi connectivity index (χ1n) is 13.4. The maximum absolute atomic E-state index is 13.5. The van der Waals surface area contributed by atoms with Gasteiger partial charge >= 0.3 is 12.1 Å². The van der Waals surface area contributed by atoms with Crippen LogP contribution < -0.4 is 4.31 Å². The van der Waals surface area contributed by atoms with Gasteiger partial charge in [-0.1, -0.05) is 32.0 Å². The number of thiazole rings is 1. The Morgan fingerprint density at radius 2 is 1.86 bits per heavy atom. The van der Waals surface area contributed by atoms with E-state index in [0.29, 0.717) is 21.9 Å². The number of hydrogen-bond donors (Lipinski definition) is 2. The summed E-state index contributed by atoms with van der Waals surface area (Å²) in [5.41, 5.74) is 2.39. The number of aliphatic carboxylic acids is 1. The number of rotatable bonds is 10. The molecule has 0 amide bonds. The highest BCUT2D eigenvalue weighted by Gasteiger charge is 2.38. The number of carbonyl (C=O) groups is 1. The van der Waals surface area contributed by atoms with Gasteiger partial charge in [0, 0.05) is 41.6 Å². The fourth-order valence-electron chi connectivity index (χ4n) is 4.59. The van der Waals surface area contributed by atoms with E-state index in [0.717, 1.165) is 34.7 Å². The van der Waals surface area contributed by atoms with Crippen molar-refractivity contribution in [2.24, 2.45) is 5.92 Å². The van der Waals surface area contributed by atoms with Crippen molar-refractivity contribution in [2.45, 2.75) is 69.6 Å². The molecule has 14 heteroatoms. The second-order valence-corrected chi connectivity index (χ2v) is 14.8. The highest BCUT2D eigenvalue weighted by molar-refractivity contribution is 7.94. The lowest BCUT2D eigenvalue weighted by Crippen LogP contribution is -2.36. The summed E-state index contributed by atoms with van der Waals surface area (Å²) in [6, 6.07) is 11.8. The molecule has 0 radical (unpaired) electrons. The minimum Gasteiger partial charge on any atom is -0.475 e. The van der Waals surface area contributed by atoms with Crippen molar-refractivity contribution in [1.29, 1.82) is 0 Å². The standard InChI is InChI=1S/C26H32N4O2S3.C2HF3O2/c1-17(2)15-29(20-10-11-20)16-21-14-27-26(34-21)22-13-19-7-5-8-23(25(19)28-22)30(18(3)4)35(31,32)24-9-6-12-33-24;3-2(4,5)1(6)7/h5-9,12-14,17-18,20,28H,10-11,15-16H2,1-4H3;(H,6,7). The van der Waals surface area contributed by atoms with Gasteiger partial charge < -0.3 is 10.1 Å². The molecule has 0 unspecified atom stereocenters. The number of nitrogens with one attached hydrogen (secondary N) is 1. The lowest BCUT2D eigenvalue weighted by atomic mass is 10.2. The molecule has 0 saturated heterocycles. The number of carboxylic acid groups (broad SMARTS) is 1. The third kappa shape index (κ3) is 7.52. The largest absolute Gasteiger partial charge is 0.490 e. The van der Waals surface area contributed by atoms with Crippen molar-refractivity contribution in [2.75, 3.05) is 10.8 Å². The Kier molecular flexibility index (Phi) is 9.70. The van der Waals surface area contributed by atoms with Crippen molar-refractivity contribution < 1.29 is 31.5 Å². The minimum atomic E-state index is -5.08. The number of halogens is 3. The molecular formula is C28H33F3N4O4S3. The molecule has 3 aromatic heterocycles. The average Bonchev–Trinajstić information content (AvgIpc) is 3.26. The summed E-state index contributed by atoms with van der Waals surface area (Å²) in [5.74, 6) is -2.11. The first-order chi connectivity index (χ1) is 19.7. The van der Waals surface area contributed by atoms with Crippen LogP contribution in [0.2, 0.25) is 0 Å². The quantitative estimate of drug-likeness (QED) is 0.189. The summed E-state index contributed by atoms with van der Waals surface area (Å²) in [6.45, 7) is 10.4. The number of anilines is 1. The maximum Gasteiger partial charge on any atom is 0.490 e. The molecule has 1 fully saturated rings. The molecule has 1 saturated carbocycles. The summed E-state index contributed by atoms with van der Waals surface area (Å²) in [5, 5.41) is 10.8. The molecule has 0 bridgehead atoms. The van der Waals surface area contributed by atoms with Crippen LogP contribution in [0.3, 0.4) is 0 Å². The molecule has 1 aliphatic carbocycles. The van der Waals surface area contributed by atoms with Crippen molar-refractivity contribution in [3.63, 3.8) is 0 Å². The van der Waals surface area contributed by atoms with E-state index in [9.17, 15) is 21.6 Å². The Hall–Kier alpha value is -2.94. The molecule has 3 heterocycles. The first kappa shape index (κ1) is 32.0. The summed E-state index contributed by atoms with van der Waals surface area (Å²) < 4.78 is 60.6. The molecule has 1 aromatic carbocycles. The van der Waals surface area contributed by atoms with Crippen molar-refractivity contribution in [1.82, 2.24) is 14.9 Å². The number of aromatic amines is 1. The van der Waals surface area contributed by atoms with Gasteiger partial charge in [0.2, 0.25) is 0 Å². The smallest absolute Gasteiger partial charge is 0.475 e. The first-order valence-corrected chi connectivity index (χ1v) is 16.5. The Morgan fingerprint density at radius 1 is 1.17 bits per heavy atom. The van der Waals surface area contributed by atoms with E-state index in [1.165, 1.54) is 33.4 Å². The van der Waals surface area contributed by atoms with E-state index >= 15 is 0 Å². The third-order valence-corrected chi connectivity index (χ3v) is 10.8. The van der Waals surface area contributed by atoms with E-state index in [1.54, 1.807) is 28.8 Å². The van der Waals surface area contributed by atoms with E-state index < -0.39 is 22.2 Å². The van der Waals surface area contributed by atoms with Crippen LogP contribution in [0.5, 0.6) is 0 Å². The highest BCUT2D eigenvalue weighted by atomic mass is 32.2. The van der Waals surface area contributed by atoms with Crippen LogP contribution >= 0.6 is 22.7 Å². The molecule has 5 rings (SSSR count). The number of benzene rings is 1. The zero-order valence-corrected chi connectivity index (χ0v) is 26.0. The van der Waals surface area contributed by atoms with Gasteiger partial charge in [0.1, 0.15) is 9.22 Å². The van der Waals surface area contributed by atoms with Crippen LogP contribution in [0.4, 0.5) is 18.9 Å². The number of alkyl halides is 3. The predicted octanol–water partition coefficient (Wildman–Crippen LogP) is 7.21. The molecule has 228 valence electrons. The maximum atomic E-state index is 13.5. The van der Waals surface area contributed by atoms with Gasteiger partial charge in [0.25, 0.3) is 10.0 Å². The zero-order chi connectivity index (χ0) is 30.8. The Bertz CT molecular complexity index is 1610. The SMILES string of the molecule is CC(C)CN(Cc1cnc(-c2cc3cccc(N(C(C)C)S(=O)(=O)c4cccs4)c3[nH]2)s1)C1CC1.O=C(O)C(F)(F)F. The number of fused-ring (bicyclic) bond motifs is 1. The molecule has 0 aliphatic heterocycles. The normalized spacial score (nSPS) is 14.0. The number of nitrogens with zero attached hydrogens (tertiary/aromatic N) is 3. The number of thiophene rings is 1. The molecule has 2 N–H and O–H groups in total. The molecule has 0 spiro atoms. The number of sulfonamides is 1. The van der Waals surface area contributed by atoms with E-state index in [1.807, 2.05) is 38.2 Å². The second kappa shape index (κ2) is 12.7. The monoisotopic (exact) mass is 642 g/mol. The van der Waals surface area contributed by atoms with Crippen molar-refractivity contribution >= 4 is 55.3 Å². The average molecular weight is 643 g/mol. The van der Waals surface area contributed by atoms with E-state index in [2.05, 4.69) is 29.8 Å². The molecule has 4 aromatic rings. The minimum absolute atomic E-state index is 0.236. The van der Waals surface area contributed by atoms with Crippen LogP contribution in [0.1, 0.15) is 45.4 Å². The topological polar surface area (TPSA) is 107 Å². The summed E-state index contributed by atoms with van der Waals surface area (Å²) in [4.78, 5) is 21.0. The summed E-state index contributed by atoms with van der Waals surface area (Å²) in [7, 11) is -3.67. The lowest BCUT2D eigenvalue weighted by molar-refractivity contribution is -0.192. The predicted molar refractivity (Wildman–Crippen MR) is 160 cm³/mol. The van der Waals surface area contributed by atoms with Gasteiger partial charge in [-0.05, 0) is 56.2 Å². The van der Waals surface area contributed by atoms with Crippen LogP contribution in [-0.2, 0) is 21.4 Å². The summed E-state index contributed by atoms with van der Waals surface area (Å²) >= 11 is 2.95. The molecule has 1 aliphatic rings. The number of para-hydroxylation sites is 1. The fourth-order valence-corrected chi connectivity index (χ4v) is 8.25. The Balaban J connectivity index is 0.000000517. The van der Waals surface area contributed by atoms with Crippen molar-refractivity contribution in [3.8, 4) is 10.7 Å². The van der Waals surface area contributed by atoms with E-state index in [-0.39, 0.29) is 6.04 Å². The van der Waals surface area contributed by atoms with Gasteiger partial charge in [0.15, 0.2) is 0 Å². The van der Waals surface area contributed by atoms with E-state index in [4.69, 9.17) is 14.9 Å². The molecule has 8 nitrogen and oxygen atoms in total. The number of hydrogen-bond acceptors (Lipinski definition) is 7. The second-order valence-electron chi connectivity index (χ2n) is 10.7. The Morgan fingerprint density at radius 3 is 2.40 bits per heavy atom. The van der Waals surface area contributed by atoms with Gasteiger partial charge in [-0.2, -0.15) is 13.2 Å². The van der Waals surface area contributed by atoms with Crippen molar-refractivity contribution in [3.05, 3.63) is 52.9 Å². The highest BCUT2D eigenvalue weighted by Crippen LogP contribution is 2.37. The Labute approximate surface area is 250 Å². The fraction of sp³-hybridized carbons (Fsp3) is 0.429. The molecule has 0 atom stereocenters. The zero-order valence-electron chi connectivity index (χ0n) is 23.6. The number of carboxylic acids is 1.